The molecule has 0 spiro atoms. The van der Waals surface area contributed by atoms with Gasteiger partial charge in [0.05, 0.1) is 32.0 Å². The number of fused-ring (bicyclic) bond motifs is 1. The number of ether oxygens (including phenoxy) is 4. The van der Waals surface area contributed by atoms with Crippen molar-refractivity contribution in [2.75, 3.05) is 34.0 Å². The molecule has 4 N–H and O–H groups in total. The molecular weight excluding hydrogens is 496 g/mol. The number of carbonyl (C=O) groups excluding carboxylic acids is 1. The number of amides is 1. The van der Waals surface area contributed by atoms with Crippen molar-refractivity contribution in [2.45, 2.75) is 90.5 Å². The predicted octanol–water partition coefficient (Wildman–Crippen LogP) is 3.96. The number of carbonyl (C=O) groups is 1. The summed E-state index contributed by atoms with van der Waals surface area (Å²) in [6.45, 7) is 10.4. The van der Waals surface area contributed by atoms with Gasteiger partial charge >= 0.3 is 0 Å². The Kier molecular flexibility index (Phi) is 12.4. The van der Waals surface area contributed by atoms with E-state index in [1.54, 1.807) is 14.2 Å². The minimum atomic E-state index is -0.752. The molecule has 8 nitrogen and oxygen atoms in total. The summed E-state index contributed by atoms with van der Waals surface area (Å²) in [6.07, 6.45) is 4.24. The first kappa shape index (κ1) is 31.7. The molecule has 2 fully saturated rings. The van der Waals surface area contributed by atoms with Crippen LogP contribution in [0.2, 0.25) is 0 Å². The maximum atomic E-state index is 13.2. The average molecular weight is 549 g/mol. The van der Waals surface area contributed by atoms with E-state index in [4.69, 9.17) is 24.7 Å². The van der Waals surface area contributed by atoms with Crippen LogP contribution >= 0.6 is 0 Å². The zero-order chi connectivity index (χ0) is 28.5. The van der Waals surface area contributed by atoms with Crippen LogP contribution in [0, 0.1) is 29.6 Å². The lowest BCUT2D eigenvalue weighted by Gasteiger charge is -2.30. The molecule has 1 aliphatic carbocycles. The lowest BCUT2D eigenvalue weighted by molar-refractivity contribution is -0.128. The molecule has 7 atom stereocenters. The Morgan fingerprint density at radius 3 is 2.51 bits per heavy atom. The van der Waals surface area contributed by atoms with E-state index in [2.05, 4.69) is 25.2 Å². The van der Waals surface area contributed by atoms with Gasteiger partial charge in [-0.25, -0.2) is 0 Å². The number of aliphatic hydroxyl groups excluding tert-OH is 1. The van der Waals surface area contributed by atoms with Gasteiger partial charge in [-0.2, -0.15) is 0 Å². The molecule has 39 heavy (non-hydrogen) atoms. The lowest BCUT2D eigenvalue weighted by Crippen LogP contribution is -2.43. The third kappa shape index (κ3) is 9.07. The van der Waals surface area contributed by atoms with E-state index in [-0.39, 0.29) is 35.8 Å². The predicted molar refractivity (Wildman–Crippen MR) is 153 cm³/mol. The minimum Gasteiger partial charge on any atom is -0.493 e. The van der Waals surface area contributed by atoms with Gasteiger partial charge in [0, 0.05) is 44.6 Å². The van der Waals surface area contributed by atoms with Gasteiger partial charge in [-0.05, 0) is 67.6 Å². The van der Waals surface area contributed by atoms with Crippen molar-refractivity contribution in [3.05, 3.63) is 23.8 Å². The summed E-state index contributed by atoms with van der Waals surface area (Å²) < 4.78 is 22.4. The fourth-order valence-corrected chi connectivity index (χ4v) is 5.78. The fourth-order valence-electron chi connectivity index (χ4n) is 5.78. The number of aliphatic hydroxyl groups is 1. The molecule has 8 heteroatoms. The highest BCUT2D eigenvalue weighted by Gasteiger charge is 2.53. The third-order valence-corrected chi connectivity index (χ3v) is 8.52. The van der Waals surface area contributed by atoms with Gasteiger partial charge in [-0.3, -0.25) is 4.79 Å². The van der Waals surface area contributed by atoms with E-state index in [1.807, 2.05) is 26.0 Å². The van der Waals surface area contributed by atoms with E-state index in [0.717, 1.165) is 43.6 Å². The summed E-state index contributed by atoms with van der Waals surface area (Å²) in [4.78, 5) is 13.2. The maximum Gasteiger partial charge on any atom is 0.223 e. The summed E-state index contributed by atoms with van der Waals surface area (Å²) in [7, 11) is 3.33. The largest absolute Gasteiger partial charge is 0.493 e. The van der Waals surface area contributed by atoms with E-state index >= 15 is 0 Å². The minimum absolute atomic E-state index is 0.0101. The van der Waals surface area contributed by atoms with Gasteiger partial charge in [-0.1, -0.05) is 33.8 Å². The van der Waals surface area contributed by atoms with Crippen LogP contribution in [0.4, 0.5) is 0 Å². The number of hydrogen-bond acceptors (Lipinski definition) is 7. The molecule has 0 aromatic heterocycles. The SMILES string of the molecule is COCCCOc1cc(C[C@@H](C[C@H](N)[C@@H](O)C[C@H](C(=O)NC2[C@H]3CCCO[C@@H]23)C(C)C)C(C)C)ccc1OC. The summed E-state index contributed by atoms with van der Waals surface area (Å²) in [5, 5.41) is 14.3. The smallest absolute Gasteiger partial charge is 0.223 e. The number of nitrogens with one attached hydrogen (secondary N) is 1. The van der Waals surface area contributed by atoms with Gasteiger partial charge in [0.1, 0.15) is 0 Å². The highest BCUT2D eigenvalue weighted by molar-refractivity contribution is 5.79. The van der Waals surface area contributed by atoms with Crippen LogP contribution in [0.15, 0.2) is 18.2 Å². The molecule has 2 aliphatic rings. The van der Waals surface area contributed by atoms with Crippen molar-refractivity contribution in [1.29, 1.82) is 0 Å². The number of rotatable bonds is 17. The zero-order valence-electron chi connectivity index (χ0n) is 24.9. The second-order valence-electron chi connectivity index (χ2n) is 12.1. The number of benzene rings is 1. The molecule has 0 bridgehead atoms. The fraction of sp³-hybridized carbons (Fsp3) is 0.774. The Bertz CT molecular complexity index is 882. The highest BCUT2D eigenvalue weighted by Crippen LogP contribution is 2.42. The van der Waals surface area contributed by atoms with Crippen LogP contribution < -0.4 is 20.5 Å². The quantitative estimate of drug-likeness (QED) is 0.253. The summed E-state index contributed by atoms with van der Waals surface area (Å²) in [6, 6.07) is 5.76. The number of nitrogens with two attached hydrogens (primary N) is 1. The van der Waals surface area contributed by atoms with Crippen LogP contribution in [0.3, 0.4) is 0 Å². The number of methoxy groups -OCH3 is 2. The molecule has 3 rings (SSSR count). The molecule has 1 aromatic rings. The highest BCUT2D eigenvalue weighted by atomic mass is 16.5. The molecule has 1 aliphatic heterocycles. The molecule has 1 aromatic carbocycles. The Hall–Kier alpha value is -1.87. The van der Waals surface area contributed by atoms with E-state index in [9.17, 15) is 9.90 Å². The normalized spacial score (nSPS) is 23.6. The Morgan fingerprint density at radius 2 is 1.90 bits per heavy atom. The van der Waals surface area contributed by atoms with E-state index in [1.165, 1.54) is 0 Å². The van der Waals surface area contributed by atoms with Crippen molar-refractivity contribution >= 4 is 5.91 Å². The molecule has 0 radical (unpaired) electrons. The molecule has 1 unspecified atom stereocenters. The molecule has 1 saturated heterocycles. The van der Waals surface area contributed by atoms with E-state index < -0.39 is 12.1 Å². The van der Waals surface area contributed by atoms with Gasteiger partial charge in [0.15, 0.2) is 11.5 Å². The van der Waals surface area contributed by atoms with Gasteiger partial charge in [0.25, 0.3) is 0 Å². The van der Waals surface area contributed by atoms with Crippen LogP contribution in [-0.4, -0.2) is 69.3 Å². The first-order chi connectivity index (χ1) is 18.7. The van der Waals surface area contributed by atoms with Crippen molar-refractivity contribution < 1.29 is 28.8 Å². The molecule has 1 saturated carbocycles. The summed E-state index contributed by atoms with van der Waals surface area (Å²) in [5.74, 6) is 2.35. The molecule has 1 heterocycles. The topological polar surface area (TPSA) is 112 Å². The summed E-state index contributed by atoms with van der Waals surface area (Å²) >= 11 is 0. The lowest BCUT2D eigenvalue weighted by atomic mass is 9.81. The molecule has 222 valence electrons. The van der Waals surface area contributed by atoms with Crippen LogP contribution in [0.25, 0.3) is 0 Å². The van der Waals surface area contributed by atoms with Crippen molar-refractivity contribution in [1.82, 2.24) is 5.32 Å². The second-order valence-corrected chi connectivity index (χ2v) is 12.1. The second kappa shape index (κ2) is 15.2. The average Bonchev–Trinajstić information content (AvgIpc) is 3.61. The van der Waals surface area contributed by atoms with Gasteiger partial charge in [0.2, 0.25) is 5.91 Å². The standard InChI is InChI=1S/C31H52N2O6/c1-19(2)22(15-21-10-11-27(37-6)28(16-21)38-14-8-12-36-5)17-25(32)26(34)18-24(20(3)4)31(35)33-29-23-9-7-13-39-30(23)29/h10-11,16,19-20,22-26,29-30,34H,7-9,12-15,17-18,32H2,1-6H3,(H,33,35)/t22-,23+,24-,25-,26-,29?,30+/m0/s1. The third-order valence-electron chi connectivity index (χ3n) is 8.52. The van der Waals surface area contributed by atoms with Crippen molar-refractivity contribution in [2.24, 2.45) is 35.3 Å². The van der Waals surface area contributed by atoms with Crippen molar-refractivity contribution in [3.63, 3.8) is 0 Å². The van der Waals surface area contributed by atoms with Crippen LogP contribution in [0.5, 0.6) is 11.5 Å². The summed E-state index contributed by atoms with van der Waals surface area (Å²) in [5.41, 5.74) is 7.72. The first-order valence-electron chi connectivity index (χ1n) is 14.8. The van der Waals surface area contributed by atoms with Crippen molar-refractivity contribution in [3.8, 4) is 11.5 Å². The molecular formula is C31H52N2O6. The Balaban J connectivity index is 1.57. The van der Waals surface area contributed by atoms with E-state index in [0.29, 0.717) is 43.6 Å². The monoisotopic (exact) mass is 548 g/mol. The molecule has 1 amide bonds. The van der Waals surface area contributed by atoms with Gasteiger partial charge < -0.3 is 35.1 Å². The maximum absolute atomic E-state index is 13.2. The Labute approximate surface area is 235 Å². The first-order valence-corrected chi connectivity index (χ1v) is 14.8. The number of hydrogen-bond donors (Lipinski definition) is 3. The van der Waals surface area contributed by atoms with Crippen LogP contribution in [0.1, 0.15) is 65.4 Å². The van der Waals surface area contributed by atoms with Crippen LogP contribution in [-0.2, 0) is 20.7 Å². The van der Waals surface area contributed by atoms with Gasteiger partial charge in [-0.15, -0.1) is 0 Å². The zero-order valence-corrected chi connectivity index (χ0v) is 24.9. The Morgan fingerprint density at radius 1 is 1.13 bits per heavy atom.